The van der Waals surface area contributed by atoms with E-state index in [4.69, 9.17) is 10.8 Å². The minimum Gasteiger partial charge on any atom is -0.480 e. The van der Waals surface area contributed by atoms with E-state index in [9.17, 15) is 4.79 Å². The number of nitrogens with zero attached hydrogens (tertiary/aromatic N) is 2. The fourth-order valence-electron chi connectivity index (χ4n) is 2.13. The summed E-state index contributed by atoms with van der Waals surface area (Å²) in [5.74, 6) is -0.936. The van der Waals surface area contributed by atoms with Gasteiger partial charge in [-0.15, -0.1) is 0 Å². The lowest BCUT2D eigenvalue weighted by molar-refractivity contribution is -0.138. The van der Waals surface area contributed by atoms with E-state index in [0.717, 1.165) is 12.8 Å². The van der Waals surface area contributed by atoms with Crippen molar-refractivity contribution in [3.05, 3.63) is 17.7 Å². The summed E-state index contributed by atoms with van der Waals surface area (Å²) in [6, 6.07) is -0.776. The predicted octanol–water partition coefficient (Wildman–Crippen LogP) is 0.564. The van der Waals surface area contributed by atoms with Crippen molar-refractivity contribution in [1.29, 1.82) is 0 Å². The highest BCUT2D eigenvalue weighted by Crippen LogP contribution is 2.20. The van der Waals surface area contributed by atoms with Crippen molar-refractivity contribution in [1.82, 2.24) is 9.55 Å². The Morgan fingerprint density at radius 3 is 3.06 bits per heavy atom. The average molecular weight is 223 g/mol. The molecule has 1 atom stereocenters. The summed E-state index contributed by atoms with van der Waals surface area (Å²) < 4.78 is 2.05. The Balaban J connectivity index is 1.99. The number of imidazole rings is 1. The summed E-state index contributed by atoms with van der Waals surface area (Å²) in [5, 5.41) is 8.70. The molecule has 0 aromatic carbocycles. The van der Waals surface area contributed by atoms with Gasteiger partial charge in [-0.25, -0.2) is 4.98 Å². The van der Waals surface area contributed by atoms with Crippen LogP contribution in [0.25, 0.3) is 0 Å². The van der Waals surface area contributed by atoms with Crippen LogP contribution in [0.15, 0.2) is 6.33 Å². The van der Waals surface area contributed by atoms with E-state index in [1.54, 1.807) is 0 Å². The third-order valence-corrected chi connectivity index (χ3v) is 3.11. The first-order valence-electron chi connectivity index (χ1n) is 5.69. The predicted molar refractivity (Wildman–Crippen MR) is 59.1 cm³/mol. The molecule has 1 aliphatic rings. The van der Waals surface area contributed by atoms with Crippen LogP contribution in [0.3, 0.4) is 0 Å². The van der Waals surface area contributed by atoms with E-state index >= 15 is 0 Å². The number of fused-ring (bicyclic) bond motifs is 1. The number of carboxylic acids is 1. The van der Waals surface area contributed by atoms with Crippen LogP contribution in [0.1, 0.15) is 30.7 Å². The first kappa shape index (κ1) is 11.1. The van der Waals surface area contributed by atoms with Gasteiger partial charge in [0.15, 0.2) is 0 Å². The zero-order valence-electron chi connectivity index (χ0n) is 9.22. The number of rotatable bonds is 4. The first-order valence-corrected chi connectivity index (χ1v) is 5.69. The molecule has 1 aliphatic carbocycles. The van der Waals surface area contributed by atoms with Crippen molar-refractivity contribution in [2.45, 2.75) is 44.7 Å². The van der Waals surface area contributed by atoms with Crippen LogP contribution in [0.4, 0.5) is 0 Å². The highest BCUT2D eigenvalue weighted by molar-refractivity contribution is 5.72. The smallest absolute Gasteiger partial charge is 0.320 e. The van der Waals surface area contributed by atoms with Gasteiger partial charge in [0.2, 0.25) is 0 Å². The van der Waals surface area contributed by atoms with Crippen molar-refractivity contribution < 1.29 is 9.90 Å². The average Bonchev–Trinajstić information content (AvgIpc) is 2.69. The number of aromatic nitrogens is 2. The number of hydrogen-bond acceptors (Lipinski definition) is 3. The van der Waals surface area contributed by atoms with Crippen LogP contribution in [0.5, 0.6) is 0 Å². The lowest BCUT2D eigenvalue weighted by Crippen LogP contribution is -2.31. The zero-order valence-corrected chi connectivity index (χ0v) is 9.22. The number of aliphatic carboxylic acids is 1. The van der Waals surface area contributed by atoms with E-state index < -0.39 is 12.0 Å². The van der Waals surface area contributed by atoms with Crippen LogP contribution >= 0.6 is 0 Å². The van der Waals surface area contributed by atoms with Gasteiger partial charge < -0.3 is 15.4 Å². The Bertz CT molecular complexity index is 387. The van der Waals surface area contributed by atoms with Gasteiger partial charge in [0, 0.05) is 12.2 Å². The van der Waals surface area contributed by atoms with Gasteiger partial charge in [-0.05, 0) is 32.1 Å². The van der Waals surface area contributed by atoms with Gasteiger partial charge in [0.25, 0.3) is 0 Å². The molecule has 5 nitrogen and oxygen atoms in total. The molecule has 0 fully saturated rings. The number of aryl methyl sites for hydroxylation is 2. The van der Waals surface area contributed by atoms with Gasteiger partial charge >= 0.3 is 5.97 Å². The van der Waals surface area contributed by atoms with Crippen molar-refractivity contribution in [2.75, 3.05) is 0 Å². The van der Waals surface area contributed by atoms with E-state index in [1.807, 2.05) is 6.33 Å². The Hall–Kier alpha value is -1.36. The molecule has 0 spiro atoms. The quantitative estimate of drug-likeness (QED) is 0.781. The molecule has 3 N–H and O–H groups in total. The molecule has 0 radical (unpaired) electrons. The van der Waals surface area contributed by atoms with Gasteiger partial charge in [0.05, 0.1) is 12.0 Å². The molecule has 0 saturated carbocycles. The van der Waals surface area contributed by atoms with Crippen LogP contribution in [0.2, 0.25) is 0 Å². The number of hydrogen-bond donors (Lipinski definition) is 2. The van der Waals surface area contributed by atoms with Crippen LogP contribution in [-0.2, 0) is 24.2 Å². The van der Waals surface area contributed by atoms with Crippen molar-refractivity contribution in [3.8, 4) is 0 Å². The van der Waals surface area contributed by atoms with Crippen molar-refractivity contribution >= 4 is 5.97 Å². The zero-order chi connectivity index (χ0) is 11.5. The van der Waals surface area contributed by atoms with Crippen LogP contribution in [0, 0.1) is 0 Å². The molecule has 1 aromatic rings. The van der Waals surface area contributed by atoms with Crippen molar-refractivity contribution in [3.63, 3.8) is 0 Å². The molecule has 16 heavy (non-hydrogen) atoms. The topological polar surface area (TPSA) is 81.1 Å². The van der Waals surface area contributed by atoms with Gasteiger partial charge in [0.1, 0.15) is 6.04 Å². The Kier molecular flexibility index (Phi) is 3.24. The molecule has 5 heteroatoms. The first-order chi connectivity index (χ1) is 7.68. The highest BCUT2D eigenvalue weighted by atomic mass is 16.4. The number of carbonyl (C=O) groups is 1. The fraction of sp³-hybridized carbons (Fsp3) is 0.636. The second-order valence-electron chi connectivity index (χ2n) is 4.27. The summed E-state index contributed by atoms with van der Waals surface area (Å²) >= 11 is 0. The molecule has 1 aromatic heterocycles. The highest BCUT2D eigenvalue weighted by Gasteiger charge is 2.16. The normalized spacial score (nSPS) is 16.8. The summed E-state index contributed by atoms with van der Waals surface area (Å²) in [7, 11) is 0. The summed E-state index contributed by atoms with van der Waals surface area (Å²) in [6.07, 6.45) is 6.77. The van der Waals surface area contributed by atoms with Crippen molar-refractivity contribution in [2.24, 2.45) is 5.73 Å². The molecule has 2 rings (SSSR count). The number of carboxylic acid groups (broad SMARTS) is 1. The summed E-state index contributed by atoms with van der Waals surface area (Å²) in [4.78, 5) is 15.0. The largest absolute Gasteiger partial charge is 0.480 e. The lowest BCUT2D eigenvalue weighted by atomic mass is 10.0. The number of nitrogens with two attached hydrogens (primary N) is 1. The molecular weight excluding hydrogens is 206 g/mol. The van der Waals surface area contributed by atoms with E-state index in [0.29, 0.717) is 13.0 Å². The Labute approximate surface area is 94.3 Å². The van der Waals surface area contributed by atoms with Crippen LogP contribution < -0.4 is 5.73 Å². The van der Waals surface area contributed by atoms with Gasteiger partial charge in [-0.1, -0.05) is 0 Å². The maximum absolute atomic E-state index is 10.6. The van der Waals surface area contributed by atoms with E-state index in [2.05, 4.69) is 9.55 Å². The molecule has 0 amide bonds. The van der Waals surface area contributed by atoms with Gasteiger partial charge in [-0.2, -0.15) is 0 Å². The second kappa shape index (κ2) is 4.65. The molecule has 1 unspecified atom stereocenters. The molecule has 0 bridgehead atoms. The monoisotopic (exact) mass is 223 g/mol. The summed E-state index contributed by atoms with van der Waals surface area (Å²) in [6.45, 7) is 0.649. The van der Waals surface area contributed by atoms with Crippen LogP contribution in [-0.4, -0.2) is 26.7 Å². The maximum atomic E-state index is 10.6. The minimum absolute atomic E-state index is 0.456. The van der Waals surface area contributed by atoms with E-state index in [-0.39, 0.29) is 0 Å². The third-order valence-electron chi connectivity index (χ3n) is 3.11. The summed E-state index contributed by atoms with van der Waals surface area (Å²) in [5.41, 5.74) is 7.92. The Morgan fingerprint density at radius 2 is 2.31 bits per heavy atom. The minimum atomic E-state index is -0.936. The molecular formula is C11H17N3O2. The molecule has 0 aliphatic heterocycles. The van der Waals surface area contributed by atoms with Gasteiger partial charge in [-0.3, -0.25) is 4.79 Å². The Morgan fingerprint density at radius 1 is 1.56 bits per heavy atom. The third kappa shape index (κ3) is 2.24. The maximum Gasteiger partial charge on any atom is 0.320 e. The van der Waals surface area contributed by atoms with E-state index in [1.165, 1.54) is 24.2 Å². The fourth-order valence-corrected chi connectivity index (χ4v) is 2.13. The second-order valence-corrected chi connectivity index (χ2v) is 4.27. The molecule has 1 heterocycles. The SMILES string of the molecule is NC(CCn1cnc2c1CCCC2)C(=O)O. The lowest BCUT2D eigenvalue weighted by Gasteiger charge is -2.14. The standard InChI is InChI=1S/C11H17N3O2/c12-8(11(15)16)5-6-14-7-13-9-3-1-2-4-10(9)14/h7-8H,1-6,12H2,(H,15,16). The molecule has 88 valence electrons. The molecule has 0 saturated heterocycles.